The summed E-state index contributed by atoms with van der Waals surface area (Å²) in [7, 11) is 0. The molecule has 1 saturated heterocycles. The number of rotatable bonds is 6. The van der Waals surface area contributed by atoms with Crippen LogP contribution in [0.15, 0.2) is 60.7 Å². The van der Waals surface area contributed by atoms with Gasteiger partial charge in [-0.2, -0.15) is 11.8 Å². The van der Waals surface area contributed by atoms with Gasteiger partial charge >= 0.3 is 11.9 Å². The Bertz CT molecular complexity index is 626. The molecule has 1 heterocycles. The van der Waals surface area contributed by atoms with Gasteiger partial charge in [-0.05, 0) is 24.3 Å². The van der Waals surface area contributed by atoms with E-state index in [1.54, 1.807) is 48.2 Å². The van der Waals surface area contributed by atoms with E-state index in [0.29, 0.717) is 24.3 Å². The molecule has 0 aromatic heterocycles. The predicted molar refractivity (Wildman–Crippen MR) is 93.2 cm³/mol. The Morgan fingerprint density at radius 3 is 1.79 bits per heavy atom. The maximum absolute atomic E-state index is 11.9. The molecular weight excluding hydrogens is 324 g/mol. The largest absolute Gasteiger partial charge is 0.462 e. The van der Waals surface area contributed by atoms with Crippen LogP contribution in [0.2, 0.25) is 0 Å². The molecular formula is C19H18O4S. The van der Waals surface area contributed by atoms with E-state index in [4.69, 9.17) is 9.47 Å². The highest BCUT2D eigenvalue weighted by atomic mass is 32.2. The van der Waals surface area contributed by atoms with E-state index in [1.807, 2.05) is 24.3 Å². The van der Waals surface area contributed by atoms with E-state index < -0.39 is 0 Å². The van der Waals surface area contributed by atoms with Gasteiger partial charge in [-0.1, -0.05) is 36.4 Å². The molecule has 2 aromatic rings. The molecule has 1 aliphatic heterocycles. The van der Waals surface area contributed by atoms with Gasteiger partial charge in [-0.15, -0.1) is 0 Å². The first kappa shape index (κ1) is 16.6. The van der Waals surface area contributed by atoms with Crippen molar-refractivity contribution in [3.63, 3.8) is 0 Å². The zero-order chi connectivity index (χ0) is 16.8. The van der Waals surface area contributed by atoms with E-state index in [1.165, 1.54) is 0 Å². The van der Waals surface area contributed by atoms with Crippen LogP contribution < -0.4 is 0 Å². The predicted octanol–water partition coefficient (Wildman–Crippen LogP) is 3.43. The molecule has 0 saturated carbocycles. The van der Waals surface area contributed by atoms with Crippen LogP contribution in [-0.4, -0.2) is 36.2 Å². The van der Waals surface area contributed by atoms with Crippen LogP contribution in [0.3, 0.4) is 0 Å². The Morgan fingerprint density at radius 2 is 1.33 bits per heavy atom. The minimum atomic E-state index is -0.317. The summed E-state index contributed by atoms with van der Waals surface area (Å²) in [5.74, 6) is 0.511. The lowest BCUT2D eigenvalue weighted by atomic mass is 10.1. The molecule has 24 heavy (non-hydrogen) atoms. The number of carbonyl (C=O) groups excluding carboxylic acids is 2. The first-order chi connectivity index (χ1) is 11.7. The van der Waals surface area contributed by atoms with Crippen molar-refractivity contribution < 1.29 is 19.1 Å². The first-order valence-corrected chi connectivity index (χ1v) is 8.85. The van der Waals surface area contributed by atoms with E-state index in [-0.39, 0.29) is 23.1 Å². The second-order valence-corrected chi connectivity index (χ2v) is 6.83. The number of carbonyl (C=O) groups is 2. The van der Waals surface area contributed by atoms with Gasteiger partial charge in [-0.25, -0.2) is 9.59 Å². The van der Waals surface area contributed by atoms with Gasteiger partial charge in [0.15, 0.2) is 0 Å². The quantitative estimate of drug-likeness (QED) is 0.753. The summed E-state index contributed by atoms with van der Waals surface area (Å²) < 4.78 is 10.7. The average molecular weight is 342 g/mol. The number of ether oxygens (including phenoxy) is 2. The molecule has 1 aliphatic rings. The summed E-state index contributed by atoms with van der Waals surface area (Å²) in [5, 5.41) is 0.182. The Balaban J connectivity index is 1.42. The molecule has 3 rings (SSSR count). The van der Waals surface area contributed by atoms with Crippen LogP contribution in [0.1, 0.15) is 20.7 Å². The molecule has 2 aromatic carbocycles. The van der Waals surface area contributed by atoms with E-state index in [2.05, 4.69) is 0 Å². The SMILES string of the molecule is O=C(OC[C@H]1CS[C@@H]1COC(=O)c1ccccc1)c1ccccc1. The zero-order valence-electron chi connectivity index (χ0n) is 13.1. The Morgan fingerprint density at radius 1 is 0.833 bits per heavy atom. The topological polar surface area (TPSA) is 52.6 Å². The molecule has 0 aliphatic carbocycles. The normalized spacial score (nSPS) is 19.2. The molecule has 4 nitrogen and oxygen atoms in total. The number of benzene rings is 2. The van der Waals surface area contributed by atoms with Crippen molar-refractivity contribution in [1.82, 2.24) is 0 Å². The highest BCUT2D eigenvalue weighted by molar-refractivity contribution is 8.01. The highest BCUT2D eigenvalue weighted by Crippen LogP contribution is 2.35. The maximum atomic E-state index is 11.9. The third-order valence-corrected chi connectivity index (χ3v) is 5.45. The average Bonchev–Trinajstić information content (AvgIpc) is 2.62. The lowest BCUT2D eigenvalue weighted by Crippen LogP contribution is -2.39. The standard InChI is InChI=1S/C19H18O4S/c20-18(14-7-3-1-4-8-14)22-11-16-13-24-17(16)12-23-19(21)15-9-5-2-6-10-15/h1-10,16-17H,11-13H2/t16-,17+/m0/s1. The number of esters is 2. The zero-order valence-corrected chi connectivity index (χ0v) is 13.9. The fourth-order valence-corrected chi connectivity index (χ4v) is 3.44. The second-order valence-electron chi connectivity index (χ2n) is 5.56. The fourth-order valence-electron chi connectivity index (χ4n) is 2.36. The summed E-state index contributed by atoms with van der Waals surface area (Å²) in [5.41, 5.74) is 1.10. The third kappa shape index (κ3) is 4.17. The van der Waals surface area contributed by atoms with E-state index >= 15 is 0 Å². The maximum Gasteiger partial charge on any atom is 0.338 e. The van der Waals surface area contributed by atoms with Crippen LogP contribution in [0.25, 0.3) is 0 Å². The minimum Gasteiger partial charge on any atom is -0.462 e. The number of hydrogen-bond acceptors (Lipinski definition) is 5. The van der Waals surface area contributed by atoms with Gasteiger partial charge in [0, 0.05) is 16.9 Å². The van der Waals surface area contributed by atoms with Crippen molar-refractivity contribution >= 4 is 23.7 Å². The van der Waals surface area contributed by atoms with Crippen molar-refractivity contribution in [1.29, 1.82) is 0 Å². The van der Waals surface area contributed by atoms with Crippen molar-refractivity contribution in [2.24, 2.45) is 5.92 Å². The lowest BCUT2D eigenvalue weighted by molar-refractivity contribution is 0.0366. The van der Waals surface area contributed by atoms with Gasteiger partial charge in [0.1, 0.15) is 6.61 Å². The van der Waals surface area contributed by atoms with Gasteiger partial charge in [0.25, 0.3) is 0 Å². The summed E-state index contributed by atoms with van der Waals surface area (Å²) in [6, 6.07) is 17.9. The second kappa shape index (κ2) is 8.02. The molecule has 124 valence electrons. The molecule has 0 bridgehead atoms. The first-order valence-electron chi connectivity index (χ1n) is 7.80. The van der Waals surface area contributed by atoms with Crippen molar-refractivity contribution in [3.8, 4) is 0 Å². The third-order valence-electron chi connectivity index (χ3n) is 3.88. The van der Waals surface area contributed by atoms with Crippen LogP contribution in [-0.2, 0) is 9.47 Å². The molecule has 0 spiro atoms. The van der Waals surface area contributed by atoms with E-state index in [0.717, 1.165) is 5.75 Å². The van der Waals surface area contributed by atoms with E-state index in [9.17, 15) is 9.59 Å². The Kier molecular flexibility index (Phi) is 5.54. The minimum absolute atomic E-state index is 0.182. The van der Waals surface area contributed by atoms with Crippen molar-refractivity contribution in [2.75, 3.05) is 19.0 Å². The number of hydrogen-bond donors (Lipinski definition) is 0. The molecule has 0 amide bonds. The van der Waals surface area contributed by atoms with Gasteiger partial charge in [-0.3, -0.25) is 0 Å². The molecule has 0 radical (unpaired) electrons. The molecule has 2 atom stereocenters. The highest BCUT2D eigenvalue weighted by Gasteiger charge is 2.34. The van der Waals surface area contributed by atoms with Crippen LogP contribution in [0.4, 0.5) is 0 Å². The van der Waals surface area contributed by atoms with Gasteiger partial charge in [0.2, 0.25) is 0 Å². The Hall–Kier alpha value is -2.27. The Labute approximate surface area is 145 Å². The molecule has 1 fully saturated rings. The summed E-state index contributed by atoms with van der Waals surface area (Å²) in [6.07, 6.45) is 0. The summed E-state index contributed by atoms with van der Waals surface area (Å²) in [6.45, 7) is 0.695. The van der Waals surface area contributed by atoms with Crippen molar-refractivity contribution in [2.45, 2.75) is 5.25 Å². The number of thioether (sulfide) groups is 1. The van der Waals surface area contributed by atoms with Gasteiger partial charge in [0.05, 0.1) is 17.7 Å². The summed E-state index contributed by atoms with van der Waals surface area (Å²) in [4.78, 5) is 23.9. The molecule has 5 heteroatoms. The smallest absolute Gasteiger partial charge is 0.338 e. The van der Waals surface area contributed by atoms with Crippen molar-refractivity contribution in [3.05, 3.63) is 71.8 Å². The van der Waals surface area contributed by atoms with Crippen LogP contribution in [0.5, 0.6) is 0 Å². The van der Waals surface area contributed by atoms with Crippen LogP contribution >= 0.6 is 11.8 Å². The van der Waals surface area contributed by atoms with Gasteiger partial charge < -0.3 is 9.47 Å². The van der Waals surface area contributed by atoms with Crippen LogP contribution in [0, 0.1) is 5.92 Å². The molecule has 0 N–H and O–H groups in total. The monoisotopic (exact) mass is 342 g/mol. The lowest BCUT2D eigenvalue weighted by Gasteiger charge is -2.34. The fraction of sp³-hybridized carbons (Fsp3) is 0.263. The summed E-state index contributed by atoms with van der Waals surface area (Å²) >= 11 is 1.73. The molecule has 0 unspecified atom stereocenters.